The third-order valence-corrected chi connectivity index (χ3v) is 4.87. The fourth-order valence-corrected chi connectivity index (χ4v) is 3.38. The number of methoxy groups -OCH3 is 1. The number of ether oxygens (including phenoxy) is 1. The first-order valence-electron chi connectivity index (χ1n) is 9.66. The molecule has 2 aromatic rings. The molecule has 0 saturated carbocycles. The maximum Gasteiger partial charge on any atom is 0.142 e. The van der Waals surface area contributed by atoms with E-state index in [0.29, 0.717) is 6.61 Å². The van der Waals surface area contributed by atoms with Crippen LogP contribution in [0.4, 0.5) is 5.69 Å². The molecule has 1 heterocycles. The number of hydrogen-bond donors (Lipinski definition) is 0. The molecule has 5 heteroatoms. The van der Waals surface area contributed by atoms with E-state index in [1.807, 2.05) is 37.3 Å². The quantitative estimate of drug-likeness (QED) is 0.527. The van der Waals surface area contributed by atoms with E-state index in [1.165, 1.54) is 5.69 Å². The van der Waals surface area contributed by atoms with Gasteiger partial charge in [-0.05, 0) is 24.6 Å². The lowest BCUT2D eigenvalue weighted by Gasteiger charge is -2.36. The van der Waals surface area contributed by atoms with Crippen LogP contribution in [0.25, 0.3) is 0 Å². The van der Waals surface area contributed by atoms with Gasteiger partial charge in [0.1, 0.15) is 12.4 Å². The van der Waals surface area contributed by atoms with Crippen LogP contribution in [-0.2, 0) is 4.84 Å². The van der Waals surface area contributed by atoms with Gasteiger partial charge in [0, 0.05) is 39.1 Å². The van der Waals surface area contributed by atoms with Gasteiger partial charge < -0.3 is 14.5 Å². The van der Waals surface area contributed by atoms with Gasteiger partial charge in [-0.25, -0.2) is 0 Å². The molecule has 144 valence electrons. The average molecular weight is 367 g/mol. The highest BCUT2D eigenvalue weighted by atomic mass is 16.6. The fraction of sp³-hybridized carbons (Fsp3) is 0.409. The molecule has 0 amide bonds. The molecular weight excluding hydrogens is 338 g/mol. The molecule has 1 aliphatic heterocycles. The fourth-order valence-electron chi connectivity index (χ4n) is 3.38. The van der Waals surface area contributed by atoms with Crippen molar-refractivity contribution >= 4 is 11.4 Å². The van der Waals surface area contributed by atoms with Gasteiger partial charge in [-0.3, -0.25) is 4.90 Å². The minimum absolute atomic E-state index is 0.591. The van der Waals surface area contributed by atoms with Crippen molar-refractivity contribution in [2.45, 2.75) is 13.3 Å². The molecule has 27 heavy (non-hydrogen) atoms. The van der Waals surface area contributed by atoms with Crippen LogP contribution in [0, 0.1) is 0 Å². The summed E-state index contributed by atoms with van der Waals surface area (Å²) in [7, 11) is 1.73. The summed E-state index contributed by atoms with van der Waals surface area (Å²) >= 11 is 0. The first kappa shape index (κ1) is 19.2. The molecular formula is C22H29N3O2. The lowest BCUT2D eigenvalue weighted by atomic mass is 10.1. The lowest BCUT2D eigenvalue weighted by Crippen LogP contribution is -2.47. The molecule has 2 aromatic carbocycles. The van der Waals surface area contributed by atoms with Crippen molar-refractivity contribution in [3.05, 3.63) is 60.2 Å². The Morgan fingerprint density at radius 3 is 2.37 bits per heavy atom. The number of anilines is 1. The molecule has 1 aliphatic rings. The first-order valence-corrected chi connectivity index (χ1v) is 9.66. The van der Waals surface area contributed by atoms with Crippen molar-refractivity contribution in [3.8, 4) is 5.75 Å². The Balaban J connectivity index is 1.55. The largest absolute Gasteiger partial charge is 0.495 e. The second-order valence-corrected chi connectivity index (χ2v) is 6.57. The number of hydrogen-bond acceptors (Lipinski definition) is 5. The van der Waals surface area contributed by atoms with Crippen molar-refractivity contribution in [1.29, 1.82) is 0 Å². The summed E-state index contributed by atoms with van der Waals surface area (Å²) < 4.78 is 5.51. The normalized spacial score (nSPS) is 15.6. The molecule has 0 aromatic heterocycles. The topological polar surface area (TPSA) is 37.3 Å². The lowest BCUT2D eigenvalue weighted by molar-refractivity contribution is 0.157. The van der Waals surface area contributed by atoms with Crippen molar-refractivity contribution < 1.29 is 9.57 Å². The van der Waals surface area contributed by atoms with Crippen LogP contribution >= 0.6 is 0 Å². The van der Waals surface area contributed by atoms with Gasteiger partial charge in [0.2, 0.25) is 0 Å². The summed E-state index contributed by atoms with van der Waals surface area (Å²) in [6.45, 7) is 7.62. The van der Waals surface area contributed by atoms with Crippen LogP contribution in [0.2, 0.25) is 0 Å². The molecule has 1 fully saturated rings. The van der Waals surface area contributed by atoms with Gasteiger partial charge in [-0.2, -0.15) is 0 Å². The Hall–Kier alpha value is -2.53. The second-order valence-electron chi connectivity index (χ2n) is 6.57. The summed E-state index contributed by atoms with van der Waals surface area (Å²) in [5.74, 6) is 0.946. The van der Waals surface area contributed by atoms with Crippen LogP contribution in [0.15, 0.2) is 59.8 Å². The van der Waals surface area contributed by atoms with E-state index < -0.39 is 0 Å². The monoisotopic (exact) mass is 367 g/mol. The van der Waals surface area contributed by atoms with Crippen molar-refractivity contribution in [3.63, 3.8) is 0 Å². The molecule has 0 N–H and O–H groups in total. The van der Waals surface area contributed by atoms with Crippen LogP contribution in [-0.4, -0.2) is 57.1 Å². The Bertz CT molecular complexity index is 725. The minimum Gasteiger partial charge on any atom is -0.495 e. The summed E-state index contributed by atoms with van der Waals surface area (Å²) in [5.41, 5.74) is 3.34. The van der Waals surface area contributed by atoms with Gasteiger partial charge in [0.25, 0.3) is 0 Å². The van der Waals surface area contributed by atoms with E-state index in [2.05, 4.69) is 39.2 Å². The maximum absolute atomic E-state index is 5.51. The number of benzene rings is 2. The summed E-state index contributed by atoms with van der Waals surface area (Å²) in [5, 5.41) is 4.35. The number of oxime groups is 1. The maximum atomic E-state index is 5.51. The van der Waals surface area contributed by atoms with E-state index in [0.717, 1.165) is 56.2 Å². The Labute approximate surface area is 162 Å². The van der Waals surface area contributed by atoms with Gasteiger partial charge in [0.05, 0.1) is 18.5 Å². The van der Waals surface area contributed by atoms with Gasteiger partial charge in [-0.1, -0.05) is 47.6 Å². The van der Waals surface area contributed by atoms with Crippen LogP contribution < -0.4 is 9.64 Å². The number of rotatable bonds is 8. The van der Waals surface area contributed by atoms with E-state index in [-0.39, 0.29) is 0 Å². The second kappa shape index (κ2) is 9.97. The molecule has 1 saturated heterocycles. The Morgan fingerprint density at radius 2 is 1.67 bits per heavy atom. The number of piperazine rings is 1. The van der Waals surface area contributed by atoms with Gasteiger partial charge in [0.15, 0.2) is 0 Å². The highest BCUT2D eigenvalue weighted by Gasteiger charge is 2.20. The summed E-state index contributed by atoms with van der Waals surface area (Å²) in [4.78, 5) is 10.2. The molecule has 0 atom stereocenters. The third kappa shape index (κ3) is 5.23. The first-order chi connectivity index (χ1) is 13.3. The van der Waals surface area contributed by atoms with E-state index in [1.54, 1.807) is 7.11 Å². The van der Waals surface area contributed by atoms with E-state index in [4.69, 9.17) is 9.57 Å². The zero-order valence-electron chi connectivity index (χ0n) is 16.3. The minimum atomic E-state index is 0.591. The van der Waals surface area contributed by atoms with Crippen LogP contribution in [0.5, 0.6) is 5.75 Å². The molecule has 5 nitrogen and oxygen atoms in total. The summed E-state index contributed by atoms with van der Waals surface area (Å²) in [6, 6.07) is 18.6. The highest BCUT2D eigenvalue weighted by molar-refractivity contribution is 6.00. The highest BCUT2D eigenvalue weighted by Crippen LogP contribution is 2.28. The third-order valence-electron chi connectivity index (χ3n) is 4.87. The predicted molar refractivity (Wildman–Crippen MR) is 111 cm³/mol. The van der Waals surface area contributed by atoms with Crippen LogP contribution in [0.1, 0.15) is 18.9 Å². The summed E-state index contributed by atoms with van der Waals surface area (Å²) in [6.07, 6.45) is 0.888. The van der Waals surface area contributed by atoms with Crippen molar-refractivity contribution in [1.82, 2.24) is 4.90 Å². The number of para-hydroxylation sites is 2. The molecule has 3 rings (SSSR count). The molecule has 0 spiro atoms. The van der Waals surface area contributed by atoms with Crippen molar-refractivity contribution in [2.75, 3.05) is 51.3 Å². The average Bonchev–Trinajstić information content (AvgIpc) is 2.75. The Morgan fingerprint density at radius 1 is 0.963 bits per heavy atom. The smallest absolute Gasteiger partial charge is 0.142 e. The molecule has 0 bridgehead atoms. The zero-order valence-corrected chi connectivity index (χ0v) is 16.3. The molecule has 0 unspecified atom stereocenters. The van der Waals surface area contributed by atoms with E-state index in [9.17, 15) is 0 Å². The zero-order chi connectivity index (χ0) is 18.9. The van der Waals surface area contributed by atoms with Crippen LogP contribution in [0.3, 0.4) is 0 Å². The van der Waals surface area contributed by atoms with E-state index >= 15 is 0 Å². The Kier molecular flexibility index (Phi) is 7.11. The molecule has 0 radical (unpaired) electrons. The SMILES string of the molecule is CCO/N=C(/CCN1CCN(c2ccccc2OC)CC1)c1ccccc1. The van der Waals surface area contributed by atoms with Crippen molar-refractivity contribution in [2.24, 2.45) is 5.16 Å². The standard InChI is InChI=1S/C22H29N3O2/c1-3-27-23-20(19-9-5-4-6-10-19)13-14-24-15-17-25(18-16-24)21-11-7-8-12-22(21)26-2/h4-12H,3,13-18H2,1-2H3/b23-20-. The molecule has 0 aliphatic carbocycles. The van der Waals surface area contributed by atoms with Gasteiger partial charge >= 0.3 is 0 Å². The predicted octanol–water partition coefficient (Wildman–Crippen LogP) is 3.65. The van der Waals surface area contributed by atoms with Gasteiger partial charge in [-0.15, -0.1) is 0 Å². The number of nitrogens with zero attached hydrogens (tertiary/aromatic N) is 3.